The molecule has 2 aromatic heterocycles. The second kappa shape index (κ2) is 6.38. The van der Waals surface area contributed by atoms with Gasteiger partial charge in [0.15, 0.2) is 0 Å². The molecule has 0 radical (unpaired) electrons. The maximum atomic E-state index is 12.3. The molecule has 0 unspecified atom stereocenters. The molecule has 1 aliphatic heterocycles. The fourth-order valence-electron chi connectivity index (χ4n) is 2.48. The monoisotopic (exact) mass is 299 g/mol. The lowest BCUT2D eigenvalue weighted by molar-refractivity contribution is -0.132. The number of aromatic nitrogens is 3. The van der Waals surface area contributed by atoms with Gasteiger partial charge in [-0.1, -0.05) is 6.07 Å². The molecular formula is C15H17N5O2. The Kier molecular flexibility index (Phi) is 4.13. The number of nitrogens with zero attached hydrogens (tertiary/aromatic N) is 5. The lowest BCUT2D eigenvalue weighted by Crippen LogP contribution is -2.50. The van der Waals surface area contributed by atoms with E-state index < -0.39 is 0 Å². The van der Waals surface area contributed by atoms with Crippen LogP contribution in [-0.4, -0.2) is 51.5 Å². The fourth-order valence-corrected chi connectivity index (χ4v) is 2.48. The number of piperazine rings is 1. The van der Waals surface area contributed by atoms with Gasteiger partial charge in [0.25, 0.3) is 5.56 Å². The third-order valence-electron chi connectivity index (χ3n) is 3.71. The minimum Gasteiger partial charge on any atom is -0.352 e. The highest BCUT2D eigenvalue weighted by molar-refractivity contribution is 5.76. The summed E-state index contributed by atoms with van der Waals surface area (Å²) >= 11 is 0. The minimum atomic E-state index is -0.158. The van der Waals surface area contributed by atoms with E-state index in [0.29, 0.717) is 26.2 Å². The van der Waals surface area contributed by atoms with Gasteiger partial charge in [-0.3, -0.25) is 14.6 Å². The van der Waals surface area contributed by atoms with Crippen LogP contribution in [0.2, 0.25) is 0 Å². The first-order valence-electron chi connectivity index (χ1n) is 7.18. The molecule has 0 N–H and O–H groups in total. The van der Waals surface area contributed by atoms with Crippen LogP contribution in [0.15, 0.2) is 47.8 Å². The molecule has 0 saturated carbocycles. The first kappa shape index (κ1) is 14.2. The van der Waals surface area contributed by atoms with Gasteiger partial charge in [0.1, 0.15) is 12.4 Å². The van der Waals surface area contributed by atoms with Crippen LogP contribution in [0.3, 0.4) is 0 Å². The van der Waals surface area contributed by atoms with Gasteiger partial charge in [0, 0.05) is 50.8 Å². The largest absolute Gasteiger partial charge is 0.352 e. The molecular weight excluding hydrogens is 282 g/mol. The van der Waals surface area contributed by atoms with Gasteiger partial charge in [0.2, 0.25) is 5.91 Å². The van der Waals surface area contributed by atoms with E-state index in [1.165, 1.54) is 10.6 Å². The first-order valence-corrected chi connectivity index (χ1v) is 7.18. The Morgan fingerprint density at radius 1 is 1.14 bits per heavy atom. The number of hydrogen-bond donors (Lipinski definition) is 0. The number of carbonyl (C=O) groups excluding carboxylic acids is 1. The molecule has 3 heterocycles. The van der Waals surface area contributed by atoms with Crippen molar-refractivity contribution in [1.82, 2.24) is 19.4 Å². The molecule has 1 aliphatic rings. The number of hydrogen-bond acceptors (Lipinski definition) is 5. The Morgan fingerprint density at radius 2 is 1.95 bits per heavy atom. The summed E-state index contributed by atoms with van der Waals surface area (Å²) in [7, 11) is 0. The topological polar surface area (TPSA) is 71.3 Å². The van der Waals surface area contributed by atoms with E-state index in [9.17, 15) is 9.59 Å². The third kappa shape index (κ3) is 3.13. The fraction of sp³-hybridized carbons (Fsp3) is 0.333. The predicted molar refractivity (Wildman–Crippen MR) is 81.5 cm³/mol. The number of rotatable bonds is 3. The van der Waals surface area contributed by atoms with E-state index in [4.69, 9.17) is 0 Å². The van der Waals surface area contributed by atoms with Crippen molar-refractivity contribution >= 4 is 11.7 Å². The Morgan fingerprint density at radius 3 is 2.64 bits per heavy atom. The molecule has 1 amide bonds. The number of carbonyl (C=O) groups is 1. The van der Waals surface area contributed by atoms with Crippen LogP contribution in [-0.2, 0) is 11.3 Å². The van der Waals surface area contributed by atoms with Crippen molar-refractivity contribution in [2.45, 2.75) is 6.54 Å². The van der Waals surface area contributed by atoms with E-state index in [1.807, 2.05) is 0 Å². The number of pyridine rings is 1. The van der Waals surface area contributed by atoms with Gasteiger partial charge in [-0.25, -0.2) is 4.98 Å². The Bertz CT molecular complexity index is 692. The summed E-state index contributed by atoms with van der Waals surface area (Å²) in [5, 5.41) is 0. The lowest BCUT2D eigenvalue weighted by Gasteiger charge is -2.35. The molecule has 3 rings (SSSR count). The van der Waals surface area contributed by atoms with Crippen LogP contribution in [0.25, 0.3) is 0 Å². The van der Waals surface area contributed by atoms with Gasteiger partial charge < -0.3 is 14.4 Å². The van der Waals surface area contributed by atoms with Gasteiger partial charge in [0.05, 0.1) is 6.20 Å². The quantitative estimate of drug-likeness (QED) is 0.797. The zero-order valence-electron chi connectivity index (χ0n) is 12.1. The van der Waals surface area contributed by atoms with E-state index in [0.717, 1.165) is 5.82 Å². The van der Waals surface area contributed by atoms with Crippen LogP contribution in [0.4, 0.5) is 5.82 Å². The van der Waals surface area contributed by atoms with Crippen LogP contribution < -0.4 is 10.5 Å². The van der Waals surface area contributed by atoms with Crippen LogP contribution in [0.1, 0.15) is 0 Å². The van der Waals surface area contributed by atoms with Crippen molar-refractivity contribution in [3.05, 3.63) is 53.3 Å². The summed E-state index contributed by atoms with van der Waals surface area (Å²) in [6.07, 6.45) is 6.66. The summed E-state index contributed by atoms with van der Waals surface area (Å²) < 4.78 is 1.43. The molecule has 2 aromatic rings. The molecule has 1 saturated heterocycles. The molecule has 7 nitrogen and oxygen atoms in total. The molecule has 0 atom stereocenters. The van der Waals surface area contributed by atoms with Gasteiger partial charge in [-0.05, 0) is 6.07 Å². The Balaban J connectivity index is 1.58. The normalized spacial score (nSPS) is 14.9. The molecule has 1 fully saturated rings. The minimum absolute atomic E-state index is 0.0351. The molecule has 0 aliphatic carbocycles. The molecule has 0 aromatic carbocycles. The van der Waals surface area contributed by atoms with Gasteiger partial charge in [-0.2, -0.15) is 0 Å². The summed E-state index contributed by atoms with van der Waals surface area (Å²) in [5.41, 5.74) is -0.158. The van der Waals surface area contributed by atoms with Crippen molar-refractivity contribution < 1.29 is 4.79 Å². The second-order valence-electron chi connectivity index (χ2n) is 5.10. The highest BCUT2D eigenvalue weighted by atomic mass is 16.2. The van der Waals surface area contributed by atoms with Gasteiger partial charge >= 0.3 is 0 Å². The van der Waals surface area contributed by atoms with Crippen molar-refractivity contribution in [2.24, 2.45) is 0 Å². The Hall–Kier alpha value is -2.70. The smallest absolute Gasteiger partial charge is 0.250 e. The molecule has 0 bridgehead atoms. The van der Waals surface area contributed by atoms with Crippen LogP contribution in [0, 0.1) is 0 Å². The molecule has 7 heteroatoms. The maximum Gasteiger partial charge on any atom is 0.250 e. The summed E-state index contributed by atoms with van der Waals surface area (Å²) in [5.74, 6) is 0.793. The number of anilines is 1. The standard InChI is InChI=1S/C15H17N5O2/c21-14-3-1-2-6-20(14)12-15(22)19-9-7-18(8-10-19)13-11-16-4-5-17-13/h1-6,11H,7-10,12H2. The van der Waals surface area contributed by atoms with Crippen molar-refractivity contribution in [1.29, 1.82) is 0 Å². The number of amides is 1. The molecule has 0 spiro atoms. The van der Waals surface area contributed by atoms with Crippen molar-refractivity contribution in [3.63, 3.8) is 0 Å². The van der Waals surface area contributed by atoms with Crippen molar-refractivity contribution in [3.8, 4) is 0 Å². The van der Waals surface area contributed by atoms with Gasteiger partial charge in [-0.15, -0.1) is 0 Å². The third-order valence-corrected chi connectivity index (χ3v) is 3.71. The zero-order valence-corrected chi connectivity index (χ0v) is 12.1. The summed E-state index contributed by atoms with van der Waals surface area (Å²) in [6, 6.07) is 4.88. The van der Waals surface area contributed by atoms with Crippen LogP contribution >= 0.6 is 0 Å². The SMILES string of the molecule is O=C(Cn1ccccc1=O)N1CCN(c2cnccn2)CC1. The molecule has 114 valence electrons. The summed E-state index contributed by atoms with van der Waals surface area (Å²) in [6.45, 7) is 2.76. The van der Waals surface area contributed by atoms with E-state index in [-0.39, 0.29) is 18.0 Å². The first-order chi connectivity index (χ1) is 10.7. The highest BCUT2D eigenvalue weighted by Gasteiger charge is 2.22. The van der Waals surface area contributed by atoms with Crippen LogP contribution in [0.5, 0.6) is 0 Å². The highest BCUT2D eigenvalue weighted by Crippen LogP contribution is 2.11. The lowest BCUT2D eigenvalue weighted by atomic mass is 10.3. The van der Waals surface area contributed by atoms with E-state index in [1.54, 1.807) is 41.8 Å². The average molecular weight is 299 g/mol. The second-order valence-corrected chi connectivity index (χ2v) is 5.10. The summed E-state index contributed by atoms with van der Waals surface area (Å²) in [4.78, 5) is 36.1. The predicted octanol–water partition coefficient (Wildman–Crippen LogP) is -0.0129. The maximum absolute atomic E-state index is 12.3. The Labute approximate surface area is 127 Å². The molecule has 22 heavy (non-hydrogen) atoms. The zero-order chi connectivity index (χ0) is 15.4. The van der Waals surface area contributed by atoms with E-state index in [2.05, 4.69) is 14.9 Å². The average Bonchev–Trinajstić information content (AvgIpc) is 2.58. The van der Waals surface area contributed by atoms with Crippen molar-refractivity contribution in [2.75, 3.05) is 31.1 Å². The van der Waals surface area contributed by atoms with E-state index >= 15 is 0 Å².